The number of para-hydroxylation sites is 1. The molecule has 9 heteroatoms. The fourth-order valence-corrected chi connectivity index (χ4v) is 4.50. The summed E-state index contributed by atoms with van der Waals surface area (Å²) >= 11 is 1.63. The Morgan fingerprint density at radius 3 is 2.34 bits per heavy atom. The molecule has 1 amide bonds. The van der Waals surface area contributed by atoms with Crippen molar-refractivity contribution >= 4 is 22.9 Å². The van der Waals surface area contributed by atoms with E-state index >= 15 is 0 Å². The van der Waals surface area contributed by atoms with Crippen LogP contribution in [0.25, 0.3) is 11.3 Å². The number of nitrogens with zero attached hydrogens (tertiary/aromatic N) is 3. The number of piperazine rings is 1. The normalized spacial score (nSPS) is 15.6. The van der Waals surface area contributed by atoms with Crippen molar-refractivity contribution in [3.8, 4) is 11.3 Å². The molecular formula is C23H23F3N4OS. The number of hydrogen-bond donors (Lipinski definition) is 1. The minimum atomic E-state index is -4.51. The van der Waals surface area contributed by atoms with Crippen LogP contribution in [-0.4, -0.2) is 53.4 Å². The van der Waals surface area contributed by atoms with Gasteiger partial charge in [-0.3, -0.25) is 14.6 Å². The van der Waals surface area contributed by atoms with Crippen LogP contribution in [0.3, 0.4) is 0 Å². The lowest BCUT2D eigenvalue weighted by atomic mass is 10.1. The average molecular weight is 461 g/mol. The number of benzene rings is 2. The number of alkyl halides is 3. The van der Waals surface area contributed by atoms with Gasteiger partial charge in [-0.15, -0.1) is 11.3 Å². The summed E-state index contributed by atoms with van der Waals surface area (Å²) in [5, 5.41) is 5.51. The van der Waals surface area contributed by atoms with E-state index in [1.807, 2.05) is 35.2 Å². The topological polar surface area (TPSA) is 48.5 Å². The zero-order valence-electron chi connectivity index (χ0n) is 17.3. The number of hydrogen-bond acceptors (Lipinski definition) is 5. The molecule has 1 N–H and O–H groups in total. The Morgan fingerprint density at radius 1 is 0.969 bits per heavy atom. The monoisotopic (exact) mass is 460 g/mol. The Balaban J connectivity index is 1.26. The molecule has 3 aromatic rings. The molecule has 1 aliphatic heterocycles. The first kappa shape index (κ1) is 22.4. The summed E-state index contributed by atoms with van der Waals surface area (Å²) in [7, 11) is 0. The van der Waals surface area contributed by atoms with Gasteiger partial charge >= 0.3 is 6.18 Å². The lowest BCUT2D eigenvalue weighted by molar-refractivity contribution is -0.137. The van der Waals surface area contributed by atoms with Gasteiger partial charge in [0.25, 0.3) is 0 Å². The molecule has 1 fully saturated rings. The van der Waals surface area contributed by atoms with Gasteiger partial charge in [0.05, 0.1) is 30.0 Å². The summed E-state index contributed by atoms with van der Waals surface area (Å²) in [5.74, 6) is -0.442. The van der Waals surface area contributed by atoms with Crippen molar-refractivity contribution in [3.63, 3.8) is 0 Å². The SMILES string of the molecule is O=C(CN1CCN(Cc2nc(-c3ccccc3)cs2)CC1)Nc1ccccc1C(F)(F)F. The van der Waals surface area contributed by atoms with Crippen molar-refractivity contribution in [2.75, 3.05) is 38.0 Å². The smallest absolute Gasteiger partial charge is 0.324 e. The molecule has 32 heavy (non-hydrogen) atoms. The van der Waals surface area contributed by atoms with Gasteiger partial charge in [0.15, 0.2) is 0 Å². The van der Waals surface area contributed by atoms with Crippen LogP contribution in [0.5, 0.6) is 0 Å². The van der Waals surface area contributed by atoms with E-state index in [2.05, 4.69) is 15.6 Å². The van der Waals surface area contributed by atoms with Gasteiger partial charge in [-0.05, 0) is 12.1 Å². The fourth-order valence-electron chi connectivity index (χ4n) is 3.65. The summed E-state index contributed by atoms with van der Waals surface area (Å²) < 4.78 is 39.3. The molecule has 0 atom stereocenters. The predicted molar refractivity (Wildman–Crippen MR) is 119 cm³/mol. The number of amides is 1. The van der Waals surface area contributed by atoms with E-state index in [4.69, 9.17) is 4.98 Å². The van der Waals surface area contributed by atoms with Crippen LogP contribution in [-0.2, 0) is 17.5 Å². The second-order valence-electron chi connectivity index (χ2n) is 7.64. The first-order chi connectivity index (χ1) is 15.4. The van der Waals surface area contributed by atoms with Gasteiger partial charge in [0.1, 0.15) is 5.01 Å². The molecule has 0 spiro atoms. The quantitative estimate of drug-likeness (QED) is 0.585. The molecule has 0 aliphatic carbocycles. The molecule has 1 saturated heterocycles. The van der Waals surface area contributed by atoms with Gasteiger partial charge in [0.2, 0.25) is 5.91 Å². The Hall–Kier alpha value is -2.75. The lowest BCUT2D eigenvalue weighted by Crippen LogP contribution is -2.48. The van der Waals surface area contributed by atoms with Crippen molar-refractivity contribution in [1.82, 2.24) is 14.8 Å². The maximum Gasteiger partial charge on any atom is 0.418 e. The summed E-state index contributed by atoms with van der Waals surface area (Å²) in [6, 6.07) is 15.1. The molecule has 0 bridgehead atoms. The first-order valence-corrected chi connectivity index (χ1v) is 11.2. The van der Waals surface area contributed by atoms with Crippen LogP contribution in [0, 0.1) is 0 Å². The average Bonchev–Trinajstić information content (AvgIpc) is 3.24. The predicted octanol–water partition coefficient (Wildman–Crippen LogP) is 4.59. The Labute approximate surface area is 188 Å². The highest BCUT2D eigenvalue weighted by molar-refractivity contribution is 7.09. The van der Waals surface area contributed by atoms with E-state index in [1.54, 1.807) is 11.3 Å². The van der Waals surface area contributed by atoms with Crippen molar-refractivity contribution in [2.24, 2.45) is 0 Å². The fraction of sp³-hybridized carbons (Fsp3) is 0.304. The van der Waals surface area contributed by atoms with Gasteiger partial charge in [-0.25, -0.2) is 4.98 Å². The maximum atomic E-state index is 13.1. The number of halogens is 3. The highest BCUT2D eigenvalue weighted by atomic mass is 32.1. The van der Waals surface area contributed by atoms with Crippen LogP contribution in [0.2, 0.25) is 0 Å². The second-order valence-corrected chi connectivity index (χ2v) is 8.58. The molecule has 2 aromatic carbocycles. The van der Waals surface area contributed by atoms with Crippen LogP contribution < -0.4 is 5.32 Å². The van der Waals surface area contributed by atoms with E-state index in [-0.39, 0.29) is 12.2 Å². The third kappa shape index (κ3) is 5.73. The number of carbonyl (C=O) groups is 1. The molecule has 0 saturated carbocycles. The van der Waals surface area contributed by atoms with Gasteiger partial charge < -0.3 is 5.32 Å². The van der Waals surface area contributed by atoms with Crippen LogP contribution >= 0.6 is 11.3 Å². The Kier molecular flexibility index (Phi) is 6.88. The first-order valence-electron chi connectivity index (χ1n) is 10.3. The number of anilines is 1. The highest BCUT2D eigenvalue weighted by Gasteiger charge is 2.33. The van der Waals surface area contributed by atoms with Crippen molar-refractivity contribution in [2.45, 2.75) is 12.7 Å². The zero-order chi connectivity index (χ0) is 22.6. The molecule has 4 rings (SSSR count). The van der Waals surface area contributed by atoms with Gasteiger partial charge in [-0.2, -0.15) is 13.2 Å². The molecule has 168 valence electrons. The molecule has 1 aliphatic rings. The zero-order valence-corrected chi connectivity index (χ0v) is 18.1. The lowest BCUT2D eigenvalue weighted by Gasteiger charge is -2.33. The molecule has 5 nitrogen and oxygen atoms in total. The molecule has 0 radical (unpaired) electrons. The number of nitrogens with one attached hydrogen (secondary N) is 1. The van der Waals surface area contributed by atoms with E-state index in [9.17, 15) is 18.0 Å². The van der Waals surface area contributed by atoms with Crippen molar-refractivity contribution < 1.29 is 18.0 Å². The number of aromatic nitrogens is 1. The second kappa shape index (κ2) is 9.81. The molecule has 1 aromatic heterocycles. The highest BCUT2D eigenvalue weighted by Crippen LogP contribution is 2.34. The molecule has 2 heterocycles. The minimum absolute atomic E-state index is 0.0649. The van der Waals surface area contributed by atoms with Crippen LogP contribution in [0.1, 0.15) is 10.6 Å². The summed E-state index contributed by atoms with van der Waals surface area (Å²) in [6.45, 7) is 3.70. The minimum Gasteiger partial charge on any atom is -0.324 e. The van der Waals surface area contributed by atoms with E-state index < -0.39 is 17.6 Å². The maximum absolute atomic E-state index is 13.1. The molecule has 0 unspecified atom stereocenters. The molecular weight excluding hydrogens is 437 g/mol. The Morgan fingerprint density at radius 2 is 1.62 bits per heavy atom. The third-order valence-electron chi connectivity index (χ3n) is 5.32. The summed E-state index contributed by atoms with van der Waals surface area (Å²) in [4.78, 5) is 21.3. The summed E-state index contributed by atoms with van der Waals surface area (Å²) in [5.41, 5.74) is 1.02. The van der Waals surface area contributed by atoms with Gasteiger partial charge in [-0.1, -0.05) is 42.5 Å². The number of carbonyl (C=O) groups excluding carboxylic acids is 1. The number of rotatable bonds is 6. The van der Waals surface area contributed by atoms with E-state index in [0.717, 1.165) is 42.0 Å². The van der Waals surface area contributed by atoms with E-state index in [1.165, 1.54) is 18.2 Å². The van der Waals surface area contributed by atoms with Crippen LogP contribution in [0.15, 0.2) is 60.0 Å². The van der Waals surface area contributed by atoms with Crippen molar-refractivity contribution in [3.05, 3.63) is 70.5 Å². The van der Waals surface area contributed by atoms with Crippen molar-refractivity contribution in [1.29, 1.82) is 0 Å². The standard InChI is InChI=1S/C23H23F3N4OS/c24-23(25,26)18-8-4-5-9-19(18)27-21(31)14-29-10-12-30(13-11-29)15-22-28-20(16-32-22)17-6-2-1-3-7-17/h1-9,16H,10-15H2,(H,27,31). The van der Waals surface area contributed by atoms with E-state index in [0.29, 0.717) is 13.1 Å². The third-order valence-corrected chi connectivity index (χ3v) is 6.15. The largest absolute Gasteiger partial charge is 0.418 e. The summed E-state index contributed by atoms with van der Waals surface area (Å²) in [6.07, 6.45) is -4.51. The number of thiazole rings is 1. The Bertz CT molecular complexity index is 1050. The van der Waals surface area contributed by atoms with Crippen LogP contribution in [0.4, 0.5) is 18.9 Å². The van der Waals surface area contributed by atoms with Gasteiger partial charge in [0, 0.05) is 37.1 Å².